The van der Waals surface area contributed by atoms with Crippen LogP contribution in [0.3, 0.4) is 0 Å². The molecule has 8 heteroatoms. The van der Waals surface area contributed by atoms with Gasteiger partial charge in [0.15, 0.2) is 0 Å². The van der Waals surface area contributed by atoms with Crippen LogP contribution in [-0.4, -0.2) is 10.8 Å². The van der Waals surface area contributed by atoms with E-state index in [1.807, 2.05) is 0 Å². The van der Waals surface area contributed by atoms with Gasteiger partial charge < -0.3 is 5.32 Å². The molecule has 0 saturated carbocycles. The minimum atomic E-state index is -0.659. The predicted molar refractivity (Wildman–Crippen MR) is 82.5 cm³/mol. The Morgan fingerprint density at radius 3 is 2.33 bits per heavy atom. The number of carbonyl (C=O) groups is 1. The molecule has 0 saturated heterocycles. The lowest BCUT2D eigenvalue weighted by atomic mass is 10.2. The third kappa shape index (κ3) is 3.44. The van der Waals surface area contributed by atoms with Crippen LogP contribution in [0.2, 0.25) is 15.1 Å². The van der Waals surface area contributed by atoms with E-state index >= 15 is 0 Å². The Kier molecular flexibility index (Phi) is 4.67. The number of nitrogens with zero attached hydrogens (tertiary/aromatic N) is 1. The van der Waals surface area contributed by atoms with Crippen molar-refractivity contribution in [3.8, 4) is 0 Å². The van der Waals surface area contributed by atoms with Crippen LogP contribution in [0.25, 0.3) is 0 Å². The molecular weight excluding hydrogens is 339 g/mol. The van der Waals surface area contributed by atoms with E-state index in [9.17, 15) is 14.9 Å². The van der Waals surface area contributed by atoms with Gasteiger partial charge in [0.25, 0.3) is 11.6 Å². The molecule has 0 spiro atoms. The van der Waals surface area contributed by atoms with E-state index in [0.717, 1.165) is 6.07 Å². The SMILES string of the molecule is O=C(Nc1cc(Cl)c([N+](=O)[O-])cc1Cl)c1ccccc1Cl. The summed E-state index contributed by atoms with van der Waals surface area (Å²) in [5.74, 6) is -0.493. The van der Waals surface area contributed by atoms with Crippen LogP contribution in [0, 0.1) is 10.1 Å². The summed E-state index contributed by atoms with van der Waals surface area (Å²) < 4.78 is 0. The van der Waals surface area contributed by atoms with Crippen LogP contribution in [-0.2, 0) is 0 Å². The van der Waals surface area contributed by atoms with Gasteiger partial charge in [-0.2, -0.15) is 0 Å². The fourth-order valence-electron chi connectivity index (χ4n) is 1.61. The fraction of sp³-hybridized carbons (Fsp3) is 0. The zero-order chi connectivity index (χ0) is 15.6. The summed E-state index contributed by atoms with van der Waals surface area (Å²) in [5.41, 5.74) is 0.0827. The van der Waals surface area contributed by atoms with Crippen LogP contribution < -0.4 is 5.32 Å². The van der Waals surface area contributed by atoms with Crippen LogP contribution in [0.5, 0.6) is 0 Å². The molecule has 0 radical (unpaired) electrons. The van der Waals surface area contributed by atoms with E-state index in [1.165, 1.54) is 6.07 Å². The number of benzene rings is 2. The first-order chi connectivity index (χ1) is 9.90. The van der Waals surface area contributed by atoms with Crippen LogP contribution in [0.4, 0.5) is 11.4 Å². The highest BCUT2D eigenvalue weighted by Gasteiger charge is 2.18. The quantitative estimate of drug-likeness (QED) is 0.641. The van der Waals surface area contributed by atoms with Crippen molar-refractivity contribution in [2.75, 3.05) is 5.32 Å². The van der Waals surface area contributed by atoms with Gasteiger partial charge in [-0.15, -0.1) is 0 Å². The molecule has 2 rings (SSSR count). The first-order valence-corrected chi connectivity index (χ1v) is 6.73. The first kappa shape index (κ1) is 15.6. The summed E-state index contributed by atoms with van der Waals surface area (Å²) in [6, 6.07) is 8.75. The van der Waals surface area contributed by atoms with Crippen molar-refractivity contribution in [3.05, 3.63) is 67.1 Å². The molecule has 108 valence electrons. The van der Waals surface area contributed by atoms with Gasteiger partial charge in [-0.25, -0.2) is 0 Å². The molecule has 0 bridgehead atoms. The standard InChI is InChI=1S/C13H7Cl3N2O3/c14-8-4-2-1-3-7(8)13(19)17-11-5-10(16)12(18(20)21)6-9(11)15/h1-6H,(H,17,19). The summed E-state index contributed by atoms with van der Waals surface area (Å²) in [4.78, 5) is 22.2. The maximum absolute atomic E-state index is 12.1. The Morgan fingerprint density at radius 1 is 1.05 bits per heavy atom. The fourth-order valence-corrected chi connectivity index (χ4v) is 2.27. The molecule has 0 aliphatic rings. The Hall–Kier alpha value is -1.82. The van der Waals surface area contributed by atoms with E-state index in [4.69, 9.17) is 34.8 Å². The molecule has 0 aromatic heterocycles. The monoisotopic (exact) mass is 344 g/mol. The molecular formula is C13H7Cl3N2O3. The van der Waals surface area contributed by atoms with Crippen LogP contribution >= 0.6 is 34.8 Å². The summed E-state index contributed by atoms with van der Waals surface area (Å²) in [7, 11) is 0. The molecule has 2 aromatic rings. The third-order valence-corrected chi connectivity index (χ3v) is 3.54. The van der Waals surface area contributed by atoms with Crippen LogP contribution in [0.15, 0.2) is 36.4 Å². The molecule has 0 fully saturated rings. The van der Waals surface area contributed by atoms with E-state index in [-0.39, 0.29) is 32.0 Å². The number of nitro groups is 1. The highest BCUT2D eigenvalue weighted by Crippen LogP contribution is 2.34. The maximum atomic E-state index is 12.1. The lowest BCUT2D eigenvalue weighted by Crippen LogP contribution is -2.12. The summed E-state index contributed by atoms with van der Waals surface area (Å²) in [6.07, 6.45) is 0. The van der Waals surface area contributed by atoms with Crippen molar-refractivity contribution in [1.82, 2.24) is 0 Å². The predicted octanol–water partition coefficient (Wildman–Crippen LogP) is 4.81. The van der Waals surface area contributed by atoms with Crippen molar-refractivity contribution in [2.45, 2.75) is 0 Å². The van der Waals surface area contributed by atoms with Crippen molar-refractivity contribution in [1.29, 1.82) is 0 Å². The van der Waals surface area contributed by atoms with Crippen molar-refractivity contribution in [2.24, 2.45) is 0 Å². The van der Waals surface area contributed by atoms with Crippen molar-refractivity contribution in [3.63, 3.8) is 0 Å². The number of hydrogen-bond donors (Lipinski definition) is 1. The van der Waals surface area contributed by atoms with Gasteiger partial charge in [0.2, 0.25) is 0 Å². The first-order valence-electron chi connectivity index (χ1n) is 5.59. The lowest BCUT2D eigenvalue weighted by Gasteiger charge is -2.09. The number of nitrogens with one attached hydrogen (secondary N) is 1. The highest BCUT2D eigenvalue weighted by molar-refractivity contribution is 6.38. The lowest BCUT2D eigenvalue weighted by molar-refractivity contribution is -0.384. The number of nitro benzene ring substituents is 1. The molecule has 0 heterocycles. The Labute approximate surface area is 134 Å². The Balaban J connectivity index is 2.32. The van der Waals surface area contributed by atoms with Gasteiger partial charge >= 0.3 is 0 Å². The van der Waals surface area contributed by atoms with Gasteiger partial charge in [-0.1, -0.05) is 46.9 Å². The smallest absolute Gasteiger partial charge is 0.289 e. The number of halogens is 3. The van der Waals surface area contributed by atoms with Crippen LogP contribution in [0.1, 0.15) is 10.4 Å². The van der Waals surface area contributed by atoms with E-state index in [0.29, 0.717) is 0 Å². The summed E-state index contributed by atoms with van der Waals surface area (Å²) in [6.45, 7) is 0. The van der Waals surface area contributed by atoms with Gasteiger partial charge in [-0.05, 0) is 18.2 Å². The van der Waals surface area contributed by atoms with E-state index in [2.05, 4.69) is 5.32 Å². The second-order valence-corrected chi connectivity index (χ2v) is 5.20. The maximum Gasteiger partial charge on any atom is 0.289 e. The van der Waals surface area contributed by atoms with Gasteiger partial charge in [0.1, 0.15) is 5.02 Å². The molecule has 21 heavy (non-hydrogen) atoms. The van der Waals surface area contributed by atoms with Crippen molar-refractivity contribution >= 4 is 52.1 Å². The Morgan fingerprint density at radius 2 is 1.71 bits per heavy atom. The molecule has 0 unspecified atom stereocenters. The minimum absolute atomic E-state index is 0.00602. The topological polar surface area (TPSA) is 72.2 Å². The Bertz CT molecular complexity index is 735. The normalized spacial score (nSPS) is 10.2. The number of rotatable bonds is 3. The second-order valence-electron chi connectivity index (χ2n) is 3.97. The number of amides is 1. The largest absolute Gasteiger partial charge is 0.321 e. The highest BCUT2D eigenvalue weighted by atomic mass is 35.5. The number of hydrogen-bond acceptors (Lipinski definition) is 3. The zero-order valence-electron chi connectivity index (χ0n) is 10.3. The zero-order valence-corrected chi connectivity index (χ0v) is 12.5. The average molecular weight is 346 g/mol. The number of carbonyl (C=O) groups excluding carboxylic acids is 1. The van der Waals surface area contributed by atoms with Gasteiger partial charge in [-0.3, -0.25) is 14.9 Å². The molecule has 2 aromatic carbocycles. The molecule has 0 aliphatic carbocycles. The molecule has 0 atom stereocenters. The van der Waals surface area contributed by atoms with E-state index < -0.39 is 10.8 Å². The summed E-state index contributed by atoms with van der Waals surface area (Å²) >= 11 is 17.6. The average Bonchev–Trinajstić information content (AvgIpc) is 2.42. The number of anilines is 1. The van der Waals surface area contributed by atoms with Crippen molar-refractivity contribution < 1.29 is 9.72 Å². The second kappa shape index (κ2) is 6.30. The summed E-state index contributed by atoms with van der Waals surface area (Å²) in [5, 5.41) is 13.4. The van der Waals surface area contributed by atoms with Gasteiger partial charge in [0, 0.05) is 6.07 Å². The minimum Gasteiger partial charge on any atom is -0.321 e. The van der Waals surface area contributed by atoms with Gasteiger partial charge in [0.05, 0.1) is 26.2 Å². The third-order valence-electron chi connectivity index (χ3n) is 2.60. The molecule has 0 aliphatic heterocycles. The molecule has 5 nitrogen and oxygen atoms in total. The van der Waals surface area contributed by atoms with E-state index in [1.54, 1.807) is 24.3 Å². The molecule has 1 amide bonds. The molecule has 1 N–H and O–H groups in total.